The number of anilines is 1. The van der Waals surface area contributed by atoms with Gasteiger partial charge >= 0.3 is 0 Å². The molecule has 0 saturated heterocycles. The van der Waals surface area contributed by atoms with Crippen LogP contribution < -0.4 is 5.73 Å². The lowest BCUT2D eigenvalue weighted by atomic mass is 9.86. The molecule has 1 aliphatic rings. The van der Waals surface area contributed by atoms with Crippen LogP contribution in [0.5, 0.6) is 0 Å². The van der Waals surface area contributed by atoms with E-state index in [1.54, 1.807) is 17.8 Å². The van der Waals surface area contributed by atoms with Crippen LogP contribution in [-0.2, 0) is 16.9 Å². The zero-order chi connectivity index (χ0) is 15.2. The summed E-state index contributed by atoms with van der Waals surface area (Å²) in [6.45, 7) is 0. The zero-order valence-corrected chi connectivity index (χ0v) is 13.2. The van der Waals surface area contributed by atoms with Gasteiger partial charge in [-0.3, -0.25) is 0 Å². The first-order chi connectivity index (χ1) is 9.88. The molecule has 0 aromatic carbocycles. The highest BCUT2D eigenvalue weighted by atomic mass is 32.2. The molecule has 0 amide bonds. The molecule has 1 saturated carbocycles. The fourth-order valence-corrected chi connectivity index (χ4v) is 4.09. The smallest absolute Gasteiger partial charge is 0.177 e. The highest BCUT2D eigenvalue weighted by Crippen LogP contribution is 2.36. The van der Waals surface area contributed by atoms with E-state index in [1.165, 1.54) is 12.7 Å². The normalized spacial score (nSPS) is 17.4. The van der Waals surface area contributed by atoms with Crippen molar-refractivity contribution >= 4 is 26.7 Å². The van der Waals surface area contributed by atoms with Gasteiger partial charge in [0, 0.05) is 19.2 Å². The number of nitrogen functional groups attached to an aromatic ring is 1. The van der Waals surface area contributed by atoms with Gasteiger partial charge < -0.3 is 5.73 Å². The molecule has 0 unspecified atom stereocenters. The number of hydrogen-bond donors (Lipinski definition) is 1. The van der Waals surface area contributed by atoms with Crippen molar-refractivity contribution in [3.63, 3.8) is 0 Å². The van der Waals surface area contributed by atoms with E-state index in [0.29, 0.717) is 27.4 Å². The Morgan fingerprint density at radius 3 is 2.57 bits per heavy atom. The third-order valence-corrected chi connectivity index (χ3v) is 5.35. The summed E-state index contributed by atoms with van der Waals surface area (Å²) >= 11 is 0. The van der Waals surface area contributed by atoms with E-state index in [1.807, 2.05) is 0 Å². The largest absolute Gasteiger partial charge is 0.382 e. The van der Waals surface area contributed by atoms with Crippen LogP contribution in [0.15, 0.2) is 11.0 Å². The van der Waals surface area contributed by atoms with E-state index in [2.05, 4.69) is 10.1 Å². The molecule has 7 heteroatoms. The van der Waals surface area contributed by atoms with Gasteiger partial charge in [-0.1, -0.05) is 19.3 Å². The standard InChI is InChI=1S/C14H20N4O2S/c1-18-14-10(13(15)17-18)8-11(21(2,19)20)12(16-14)9-6-4-3-5-7-9/h8-9H,3-7H2,1-2H3,(H2,15,17). The zero-order valence-electron chi connectivity index (χ0n) is 12.3. The second-order valence-corrected chi connectivity index (χ2v) is 7.84. The van der Waals surface area contributed by atoms with Gasteiger partial charge in [0.05, 0.1) is 16.0 Å². The molecule has 2 N–H and O–H groups in total. The third kappa shape index (κ3) is 2.50. The highest BCUT2D eigenvalue weighted by Gasteiger charge is 2.26. The van der Waals surface area contributed by atoms with Crippen LogP contribution in [0.25, 0.3) is 11.0 Å². The summed E-state index contributed by atoms with van der Waals surface area (Å²) < 4.78 is 25.9. The molecule has 2 aromatic heterocycles. The molecule has 1 aliphatic carbocycles. The summed E-state index contributed by atoms with van der Waals surface area (Å²) in [7, 11) is -1.56. The fourth-order valence-electron chi connectivity index (χ4n) is 3.16. The highest BCUT2D eigenvalue weighted by molar-refractivity contribution is 7.90. The quantitative estimate of drug-likeness (QED) is 0.916. The Morgan fingerprint density at radius 1 is 1.29 bits per heavy atom. The molecule has 0 spiro atoms. The molecular weight excluding hydrogens is 288 g/mol. The van der Waals surface area contributed by atoms with Gasteiger partial charge in [-0.15, -0.1) is 0 Å². The summed E-state index contributed by atoms with van der Waals surface area (Å²) in [5.74, 6) is 0.532. The monoisotopic (exact) mass is 308 g/mol. The van der Waals surface area contributed by atoms with Crippen molar-refractivity contribution in [2.75, 3.05) is 12.0 Å². The number of aryl methyl sites for hydroxylation is 1. The average Bonchev–Trinajstić information content (AvgIpc) is 2.72. The maximum absolute atomic E-state index is 12.2. The van der Waals surface area contributed by atoms with E-state index in [-0.39, 0.29) is 5.92 Å². The SMILES string of the molecule is Cn1nc(N)c2cc(S(C)(=O)=O)c(C3CCCCC3)nc21. The molecule has 0 atom stereocenters. The lowest BCUT2D eigenvalue weighted by Gasteiger charge is -2.23. The number of nitrogens with zero attached hydrogens (tertiary/aromatic N) is 3. The van der Waals surface area contributed by atoms with Gasteiger partial charge in [-0.2, -0.15) is 5.10 Å². The molecule has 1 fully saturated rings. The van der Waals surface area contributed by atoms with Crippen molar-refractivity contribution in [2.45, 2.75) is 42.9 Å². The maximum atomic E-state index is 12.2. The van der Waals surface area contributed by atoms with Gasteiger partial charge in [0.25, 0.3) is 0 Å². The Morgan fingerprint density at radius 2 is 1.95 bits per heavy atom. The number of aromatic nitrogens is 3. The van der Waals surface area contributed by atoms with E-state index < -0.39 is 9.84 Å². The molecule has 3 rings (SSSR count). The van der Waals surface area contributed by atoms with Gasteiger partial charge in [0.15, 0.2) is 21.3 Å². The van der Waals surface area contributed by atoms with Crippen molar-refractivity contribution in [3.05, 3.63) is 11.8 Å². The van der Waals surface area contributed by atoms with Crippen molar-refractivity contribution in [1.82, 2.24) is 14.8 Å². The summed E-state index contributed by atoms with van der Waals surface area (Å²) in [6.07, 6.45) is 6.69. The second kappa shape index (κ2) is 4.98. The Bertz CT molecular complexity index is 789. The minimum absolute atomic E-state index is 0.212. The number of fused-ring (bicyclic) bond motifs is 1. The molecule has 2 aromatic rings. The van der Waals surface area contributed by atoms with E-state index in [4.69, 9.17) is 5.73 Å². The molecule has 21 heavy (non-hydrogen) atoms. The van der Waals surface area contributed by atoms with Crippen molar-refractivity contribution in [2.24, 2.45) is 7.05 Å². The summed E-state index contributed by atoms with van der Waals surface area (Å²) in [5.41, 5.74) is 7.19. The molecule has 0 bridgehead atoms. The van der Waals surface area contributed by atoms with Crippen LogP contribution in [0.2, 0.25) is 0 Å². The average molecular weight is 308 g/mol. The van der Waals surface area contributed by atoms with E-state index >= 15 is 0 Å². The predicted molar refractivity (Wildman–Crippen MR) is 81.9 cm³/mol. The minimum atomic E-state index is -3.34. The lowest BCUT2D eigenvalue weighted by Crippen LogP contribution is -2.13. The van der Waals surface area contributed by atoms with Crippen LogP contribution in [0.3, 0.4) is 0 Å². The van der Waals surface area contributed by atoms with Crippen molar-refractivity contribution in [1.29, 1.82) is 0 Å². The van der Waals surface area contributed by atoms with Gasteiger partial charge in [0.2, 0.25) is 0 Å². The molecule has 0 aliphatic heterocycles. The molecule has 0 radical (unpaired) electrons. The Labute approximate surface area is 124 Å². The number of hydrogen-bond acceptors (Lipinski definition) is 5. The number of sulfone groups is 1. The van der Waals surface area contributed by atoms with Crippen molar-refractivity contribution < 1.29 is 8.42 Å². The molecule has 6 nitrogen and oxygen atoms in total. The van der Waals surface area contributed by atoms with Crippen LogP contribution in [0.1, 0.15) is 43.7 Å². The van der Waals surface area contributed by atoms with Gasteiger partial charge in [-0.25, -0.2) is 18.1 Å². The van der Waals surface area contributed by atoms with Crippen LogP contribution in [0.4, 0.5) is 5.82 Å². The first kappa shape index (κ1) is 14.3. The molecule has 2 heterocycles. The van der Waals surface area contributed by atoms with Gasteiger partial charge in [-0.05, 0) is 18.9 Å². The third-order valence-electron chi connectivity index (χ3n) is 4.23. The number of pyridine rings is 1. The Balaban J connectivity index is 2.26. The number of nitrogens with two attached hydrogens (primary N) is 1. The Kier molecular flexibility index (Phi) is 3.39. The van der Waals surface area contributed by atoms with Crippen LogP contribution >= 0.6 is 0 Å². The van der Waals surface area contributed by atoms with E-state index in [0.717, 1.165) is 25.7 Å². The molecule has 114 valence electrons. The first-order valence-electron chi connectivity index (χ1n) is 7.21. The minimum Gasteiger partial charge on any atom is -0.382 e. The van der Waals surface area contributed by atoms with Crippen molar-refractivity contribution in [3.8, 4) is 0 Å². The van der Waals surface area contributed by atoms with Gasteiger partial charge in [0.1, 0.15) is 0 Å². The topological polar surface area (TPSA) is 90.9 Å². The summed E-state index contributed by atoms with van der Waals surface area (Å²) in [5, 5.41) is 4.75. The second-order valence-electron chi connectivity index (χ2n) is 5.86. The Hall–Kier alpha value is -1.63. The summed E-state index contributed by atoms with van der Waals surface area (Å²) in [4.78, 5) is 4.93. The van der Waals surface area contributed by atoms with Crippen LogP contribution in [0, 0.1) is 0 Å². The first-order valence-corrected chi connectivity index (χ1v) is 9.10. The predicted octanol–water partition coefficient (Wildman–Crippen LogP) is 2.00. The van der Waals surface area contributed by atoms with E-state index in [9.17, 15) is 8.42 Å². The molecular formula is C14H20N4O2S. The number of rotatable bonds is 2. The maximum Gasteiger partial charge on any atom is 0.177 e. The summed E-state index contributed by atoms with van der Waals surface area (Å²) in [6, 6.07) is 1.64. The fraction of sp³-hybridized carbons (Fsp3) is 0.571. The lowest BCUT2D eigenvalue weighted by molar-refractivity contribution is 0.431. The van der Waals surface area contributed by atoms with Crippen LogP contribution in [-0.4, -0.2) is 29.4 Å².